The van der Waals surface area contributed by atoms with Gasteiger partial charge in [0.25, 0.3) is 0 Å². The smallest absolute Gasteiger partial charge is 0.249 e. The lowest BCUT2D eigenvalue weighted by Gasteiger charge is -2.32. The van der Waals surface area contributed by atoms with Crippen molar-refractivity contribution in [2.45, 2.75) is 39.2 Å². The van der Waals surface area contributed by atoms with E-state index in [0.29, 0.717) is 29.7 Å². The molecule has 7 rings (SSSR count). The molecule has 268 valence electrons. The van der Waals surface area contributed by atoms with Crippen LogP contribution in [0.15, 0.2) is 84.3 Å². The van der Waals surface area contributed by atoms with Crippen LogP contribution in [0, 0.1) is 11.8 Å². The molecule has 0 unspecified atom stereocenters. The largest absolute Gasteiger partial charge is 0.475 e. The van der Waals surface area contributed by atoms with Crippen molar-refractivity contribution in [3.8, 4) is 28.5 Å². The number of hydrogen-bond donors (Lipinski definition) is 2. The molecule has 2 aliphatic rings. The summed E-state index contributed by atoms with van der Waals surface area (Å²) in [6.45, 7) is 7.59. The number of Topliss-reactive ketones (excluding diaryl/α,β-unsaturated/α-hetero) is 1. The number of ketones is 1. The zero-order chi connectivity index (χ0) is 36.0. The van der Waals surface area contributed by atoms with Crippen LogP contribution in [0.25, 0.3) is 33.5 Å². The van der Waals surface area contributed by atoms with Crippen molar-refractivity contribution in [1.29, 1.82) is 0 Å². The van der Waals surface area contributed by atoms with E-state index in [1.54, 1.807) is 42.5 Å². The summed E-state index contributed by atoms with van der Waals surface area (Å²) in [5, 5.41) is 11.5. The molecule has 2 N–H and O–H groups in total. The van der Waals surface area contributed by atoms with E-state index in [4.69, 9.17) is 4.74 Å². The van der Waals surface area contributed by atoms with Gasteiger partial charge < -0.3 is 15.0 Å². The van der Waals surface area contributed by atoms with Crippen LogP contribution in [-0.2, 0) is 9.59 Å². The van der Waals surface area contributed by atoms with E-state index >= 15 is 0 Å². The number of fused-ring (bicyclic) bond motifs is 1. The molecule has 2 aliphatic heterocycles. The Kier molecular flexibility index (Phi) is 10.9. The van der Waals surface area contributed by atoms with Crippen molar-refractivity contribution < 1.29 is 14.3 Å². The molecule has 5 aromatic rings. The van der Waals surface area contributed by atoms with Gasteiger partial charge in [-0.25, -0.2) is 19.9 Å². The van der Waals surface area contributed by atoms with E-state index in [2.05, 4.69) is 45.2 Å². The molecule has 52 heavy (non-hydrogen) atoms. The van der Waals surface area contributed by atoms with Crippen LogP contribution in [-0.4, -0.2) is 91.8 Å². The number of aromatic amines is 1. The van der Waals surface area contributed by atoms with Gasteiger partial charge in [-0.2, -0.15) is 5.10 Å². The number of benzene rings is 1. The van der Waals surface area contributed by atoms with Crippen LogP contribution < -0.4 is 15.0 Å². The third-order valence-corrected chi connectivity index (χ3v) is 10.5. The minimum atomic E-state index is -0.176. The molecular weight excluding hydrogens is 675 g/mol. The average Bonchev–Trinajstić information content (AvgIpc) is 3.81. The van der Waals surface area contributed by atoms with E-state index in [1.165, 1.54) is 0 Å². The van der Waals surface area contributed by atoms with Gasteiger partial charge in [0, 0.05) is 90.6 Å². The first kappa shape index (κ1) is 35.3. The highest BCUT2D eigenvalue weighted by Gasteiger charge is 2.31. The maximum atomic E-state index is 13.4. The topological polar surface area (TPSA) is 142 Å². The maximum absolute atomic E-state index is 13.4. The van der Waals surface area contributed by atoms with Crippen LogP contribution >= 0.6 is 11.8 Å². The first-order valence-corrected chi connectivity index (χ1v) is 19.0. The summed E-state index contributed by atoms with van der Waals surface area (Å²) in [5.41, 5.74) is 4.04. The molecule has 4 aromatic heterocycles. The molecule has 6 heterocycles. The highest BCUT2D eigenvalue weighted by atomic mass is 32.2. The van der Waals surface area contributed by atoms with Gasteiger partial charge in [-0.1, -0.05) is 0 Å². The number of likely N-dealkylation sites (tertiary alicyclic amines) is 1. The van der Waals surface area contributed by atoms with Gasteiger partial charge in [-0.05, 0) is 93.3 Å². The van der Waals surface area contributed by atoms with Crippen LogP contribution in [0.2, 0.25) is 0 Å². The van der Waals surface area contributed by atoms with Crippen molar-refractivity contribution in [2.24, 2.45) is 11.8 Å². The lowest BCUT2D eigenvalue weighted by Crippen LogP contribution is -2.40. The molecule has 0 saturated carbocycles. The molecule has 0 spiro atoms. The van der Waals surface area contributed by atoms with Gasteiger partial charge in [0.05, 0.1) is 18.2 Å². The molecule has 0 radical (unpaired) electrons. The summed E-state index contributed by atoms with van der Waals surface area (Å²) in [5.74, 6) is 2.53. The Bertz CT molecular complexity index is 2030. The molecule has 1 amide bonds. The standard InChI is InChI=1S/C39H43N9O3S/c1-25(2)51-37-10-6-27(21-43-37)38-31-19-30(7-8-32(31)45-46-38)44-36(50)20-34(52-3)29-11-16-47(23-29)24-33(49)26-12-17-48(18-13-26)35-9-5-28(22-42-35)39-40-14-4-15-41-39/h4-10,14-15,19-22,25-26,29H,11-13,16-18,23-24H2,1-3H3,(H,44,50)(H,45,46)/b34-20-/t29-/m0/s1. The third-order valence-electron chi connectivity index (χ3n) is 9.61. The highest BCUT2D eigenvalue weighted by Crippen LogP contribution is 2.32. The van der Waals surface area contributed by atoms with E-state index < -0.39 is 0 Å². The van der Waals surface area contributed by atoms with Crippen LogP contribution in [0.1, 0.15) is 33.1 Å². The average molecular weight is 718 g/mol. The molecule has 1 atom stereocenters. The Labute approximate surface area is 307 Å². The number of ether oxygens (including phenoxy) is 1. The predicted octanol–water partition coefficient (Wildman–Crippen LogP) is 6.26. The fourth-order valence-electron chi connectivity index (χ4n) is 6.94. The summed E-state index contributed by atoms with van der Waals surface area (Å²) in [7, 11) is 0. The number of H-pyrrole nitrogens is 1. The minimum absolute atomic E-state index is 0.0408. The van der Waals surface area contributed by atoms with Gasteiger partial charge in [-0.15, -0.1) is 11.8 Å². The Hall–Kier alpha value is -5.14. The van der Waals surface area contributed by atoms with Gasteiger partial charge in [-0.3, -0.25) is 19.6 Å². The molecule has 13 heteroatoms. The number of amides is 1. The number of anilines is 2. The Morgan fingerprint density at radius 3 is 2.44 bits per heavy atom. The summed E-state index contributed by atoms with van der Waals surface area (Å²) in [4.78, 5) is 49.8. The molecule has 12 nitrogen and oxygen atoms in total. The number of nitrogens with zero attached hydrogens (tertiary/aromatic N) is 7. The first-order chi connectivity index (χ1) is 25.3. The number of piperidine rings is 1. The predicted molar refractivity (Wildman–Crippen MR) is 205 cm³/mol. The molecule has 0 aliphatic carbocycles. The number of hydrogen-bond acceptors (Lipinski definition) is 11. The number of aromatic nitrogens is 6. The zero-order valence-corrected chi connectivity index (χ0v) is 30.5. The molecule has 2 fully saturated rings. The number of carbonyl (C=O) groups is 2. The normalized spacial score (nSPS) is 17.2. The van der Waals surface area contributed by atoms with Gasteiger partial charge in [0.1, 0.15) is 17.3 Å². The Morgan fingerprint density at radius 1 is 0.962 bits per heavy atom. The lowest BCUT2D eigenvalue weighted by molar-refractivity contribution is -0.124. The van der Waals surface area contributed by atoms with Crippen molar-refractivity contribution in [1.82, 2.24) is 35.0 Å². The zero-order valence-electron chi connectivity index (χ0n) is 29.7. The SMILES string of the molecule is CS/C(=C\C(=O)Nc1ccc2[nH]nc(-c3ccc(OC(C)C)nc3)c2c1)[C@H]1CCN(CC(=O)C2CCN(c3ccc(-c4ncccn4)cn3)CC2)C1. The van der Waals surface area contributed by atoms with Gasteiger partial charge in [0.15, 0.2) is 5.82 Å². The van der Waals surface area contributed by atoms with Crippen LogP contribution in [0.4, 0.5) is 11.5 Å². The summed E-state index contributed by atoms with van der Waals surface area (Å²) in [6, 6.07) is 15.3. The van der Waals surface area contributed by atoms with E-state index in [9.17, 15) is 9.59 Å². The fraction of sp³-hybridized carbons (Fsp3) is 0.359. The first-order valence-electron chi connectivity index (χ1n) is 17.7. The van der Waals surface area contributed by atoms with E-state index in [0.717, 1.165) is 83.9 Å². The van der Waals surface area contributed by atoms with Crippen molar-refractivity contribution in [3.05, 3.63) is 84.3 Å². The number of thioether (sulfide) groups is 1. The van der Waals surface area contributed by atoms with Crippen LogP contribution in [0.5, 0.6) is 5.88 Å². The van der Waals surface area contributed by atoms with E-state index in [-0.39, 0.29) is 23.8 Å². The van der Waals surface area contributed by atoms with Crippen molar-refractivity contribution >= 4 is 45.9 Å². The van der Waals surface area contributed by atoms with Crippen molar-refractivity contribution in [3.63, 3.8) is 0 Å². The van der Waals surface area contributed by atoms with Gasteiger partial charge in [0.2, 0.25) is 11.8 Å². The quantitative estimate of drug-likeness (QED) is 0.141. The number of carbonyl (C=O) groups excluding carboxylic acids is 2. The number of rotatable bonds is 12. The summed E-state index contributed by atoms with van der Waals surface area (Å²) in [6.07, 6.45) is 13.3. The van der Waals surface area contributed by atoms with Crippen LogP contribution in [0.3, 0.4) is 0 Å². The monoisotopic (exact) mass is 717 g/mol. The second-order valence-corrected chi connectivity index (χ2v) is 14.4. The molecule has 2 saturated heterocycles. The highest BCUT2D eigenvalue weighted by molar-refractivity contribution is 8.02. The second kappa shape index (κ2) is 16.0. The molecule has 0 bridgehead atoms. The van der Waals surface area contributed by atoms with E-state index in [1.807, 2.05) is 68.8 Å². The Morgan fingerprint density at radius 2 is 1.73 bits per heavy atom. The maximum Gasteiger partial charge on any atom is 0.249 e. The van der Waals surface area contributed by atoms with Gasteiger partial charge >= 0.3 is 0 Å². The number of pyridine rings is 2. The minimum Gasteiger partial charge on any atom is -0.475 e. The summed E-state index contributed by atoms with van der Waals surface area (Å²) < 4.78 is 5.67. The summed E-state index contributed by atoms with van der Waals surface area (Å²) >= 11 is 1.60. The number of nitrogens with one attached hydrogen (secondary N) is 2. The second-order valence-electron chi connectivity index (χ2n) is 13.6. The molecule has 1 aromatic carbocycles. The third kappa shape index (κ3) is 8.32. The lowest BCUT2D eigenvalue weighted by atomic mass is 9.92. The fourth-order valence-corrected chi connectivity index (χ4v) is 7.69. The Balaban J connectivity index is 0.905. The molecular formula is C39H43N9O3S. The van der Waals surface area contributed by atoms with Crippen molar-refractivity contribution in [2.75, 3.05) is 49.2 Å².